The molecule has 6 nitrogen and oxygen atoms in total. The predicted octanol–water partition coefficient (Wildman–Crippen LogP) is 5.17. The molecule has 33 heavy (non-hydrogen) atoms. The molecule has 0 fully saturated rings. The zero-order valence-electron chi connectivity index (χ0n) is 19.0. The lowest BCUT2D eigenvalue weighted by Gasteiger charge is -2.28. The van der Waals surface area contributed by atoms with Crippen molar-refractivity contribution in [1.82, 2.24) is 4.98 Å². The van der Waals surface area contributed by atoms with Crippen LogP contribution in [0.5, 0.6) is 5.75 Å². The van der Waals surface area contributed by atoms with E-state index in [4.69, 9.17) is 14.2 Å². The number of carbonyl (C=O) groups is 1. The number of nitrogens with zero attached hydrogens (tertiary/aromatic N) is 2. The molecule has 0 saturated carbocycles. The summed E-state index contributed by atoms with van der Waals surface area (Å²) in [6.45, 7) is 2.08. The molecule has 3 aromatic rings. The summed E-state index contributed by atoms with van der Waals surface area (Å²) in [4.78, 5) is 18.5. The Morgan fingerprint density at radius 2 is 1.94 bits per heavy atom. The number of hydrogen-bond donors (Lipinski definition) is 0. The van der Waals surface area contributed by atoms with Gasteiger partial charge in [-0.15, -0.1) is 0 Å². The van der Waals surface area contributed by atoms with E-state index in [1.54, 1.807) is 18.5 Å². The quantitative estimate of drug-likeness (QED) is 0.489. The van der Waals surface area contributed by atoms with E-state index in [1.807, 2.05) is 0 Å². The maximum absolute atomic E-state index is 12.1. The molecule has 2 aliphatic heterocycles. The minimum atomic E-state index is -0.314. The lowest BCUT2D eigenvalue weighted by Crippen LogP contribution is -2.17. The van der Waals surface area contributed by atoms with Gasteiger partial charge in [0.25, 0.3) is 0 Å². The number of rotatable bonds is 6. The van der Waals surface area contributed by atoms with E-state index >= 15 is 0 Å². The maximum atomic E-state index is 12.1. The molecule has 0 radical (unpaired) electrons. The van der Waals surface area contributed by atoms with Gasteiger partial charge in [-0.2, -0.15) is 0 Å². The van der Waals surface area contributed by atoms with E-state index in [0.29, 0.717) is 31.3 Å². The molecule has 0 unspecified atom stereocenters. The number of benzene rings is 2. The van der Waals surface area contributed by atoms with E-state index in [2.05, 4.69) is 53.3 Å². The lowest BCUT2D eigenvalue weighted by atomic mass is 9.87. The van der Waals surface area contributed by atoms with Crippen LogP contribution >= 0.6 is 0 Å². The number of carbonyl (C=O) groups excluding carboxylic acids is 1. The molecule has 5 rings (SSSR count). The minimum Gasteiger partial charge on any atom is -0.493 e. The second kappa shape index (κ2) is 9.24. The SMILES string of the molecule is COC(=O)c1ccncc1CC[C@@H]1CCOc2cc(N(C)c3ccc4c(c3)COC4)ccc21. The van der Waals surface area contributed by atoms with Crippen LogP contribution in [0.1, 0.15) is 51.4 Å². The summed E-state index contributed by atoms with van der Waals surface area (Å²) in [5, 5.41) is 0. The predicted molar refractivity (Wildman–Crippen MR) is 126 cm³/mol. The van der Waals surface area contributed by atoms with Gasteiger partial charge in [-0.1, -0.05) is 12.1 Å². The van der Waals surface area contributed by atoms with E-state index in [-0.39, 0.29) is 5.97 Å². The van der Waals surface area contributed by atoms with Crippen LogP contribution in [0, 0.1) is 0 Å². The van der Waals surface area contributed by atoms with Gasteiger partial charge in [0.05, 0.1) is 32.5 Å². The van der Waals surface area contributed by atoms with Crippen molar-refractivity contribution in [2.24, 2.45) is 0 Å². The van der Waals surface area contributed by atoms with Crippen LogP contribution < -0.4 is 9.64 Å². The van der Waals surface area contributed by atoms with Crippen molar-refractivity contribution < 1.29 is 19.0 Å². The highest BCUT2D eigenvalue weighted by molar-refractivity contribution is 5.90. The van der Waals surface area contributed by atoms with E-state index in [9.17, 15) is 4.79 Å². The first kappa shape index (κ1) is 21.5. The third-order valence-corrected chi connectivity index (χ3v) is 6.71. The number of aromatic nitrogens is 1. The Morgan fingerprint density at radius 1 is 1.12 bits per heavy atom. The number of anilines is 2. The van der Waals surface area contributed by atoms with Gasteiger partial charge in [0, 0.05) is 36.9 Å². The van der Waals surface area contributed by atoms with Crippen LogP contribution in [0.4, 0.5) is 11.4 Å². The molecule has 6 heteroatoms. The lowest BCUT2D eigenvalue weighted by molar-refractivity contribution is 0.0599. The highest BCUT2D eigenvalue weighted by Crippen LogP contribution is 2.40. The Labute approximate surface area is 194 Å². The van der Waals surface area contributed by atoms with Gasteiger partial charge in [0.1, 0.15) is 5.75 Å². The zero-order chi connectivity index (χ0) is 22.8. The van der Waals surface area contributed by atoms with Crippen LogP contribution in [0.25, 0.3) is 0 Å². The highest BCUT2D eigenvalue weighted by atomic mass is 16.5. The maximum Gasteiger partial charge on any atom is 0.338 e. The van der Waals surface area contributed by atoms with Gasteiger partial charge < -0.3 is 19.1 Å². The summed E-state index contributed by atoms with van der Waals surface area (Å²) >= 11 is 0. The third-order valence-electron chi connectivity index (χ3n) is 6.71. The average molecular weight is 445 g/mol. The normalized spacial score (nSPS) is 16.5. The van der Waals surface area contributed by atoms with Crippen molar-refractivity contribution >= 4 is 17.3 Å². The van der Waals surface area contributed by atoms with Gasteiger partial charge in [0.2, 0.25) is 0 Å². The summed E-state index contributed by atoms with van der Waals surface area (Å²) in [5.74, 6) is 1.00. The van der Waals surface area contributed by atoms with Gasteiger partial charge in [0.15, 0.2) is 0 Å². The summed E-state index contributed by atoms with van der Waals surface area (Å²) in [6, 6.07) is 14.7. The third kappa shape index (κ3) is 4.31. The Morgan fingerprint density at radius 3 is 2.82 bits per heavy atom. The van der Waals surface area contributed by atoms with E-state index in [0.717, 1.165) is 42.0 Å². The summed E-state index contributed by atoms with van der Waals surface area (Å²) in [6.07, 6.45) is 6.05. The number of hydrogen-bond acceptors (Lipinski definition) is 6. The van der Waals surface area contributed by atoms with Gasteiger partial charge in [-0.3, -0.25) is 4.98 Å². The average Bonchev–Trinajstić information content (AvgIpc) is 3.34. The first-order valence-corrected chi connectivity index (χ1v) is 11.4. The molecule has 0 saturated heterocycles. The summed E-state index contributed by atoms with van der Waals surface area (Å²) < 4.78 is 16.5. The molecule has 2 aromatic carbocycles. The molecule has 0 amide bonds. The van der Waals surface area contributed by atoms with Gasteiger partial charge in [-0.05, 0) is 71.7 Å². The molecule has 0 aliphatic carbocycles. The molecule has 170 valence electrons. The molecule has 1 aromatic heterocycles. The molecular weight excluding hydrogens is 416 g/mol. The van der Waals surface area contributed by atoms with Crippen LogP contribution in [-0.4, -0.2) is 31.7 Å². The van der Waals surface area contributed by atoms with Gasteiger partial charge >= 0.3 is 5.97 Å². The van der Waals surface area contributed by atoms with E-state index in [1.165, 1.54) is 23.8 Å². The largest absolute Gasteiger partial charge is 0.493 e. The van der Waals surface area contributed by atoms with Crippen molar-refractivity contribution in [1.29, 1.82) is 0 Å². The minimum absolute atomic E-state index is 0.314. The fourth-order valence-corrected chi connectivity index (χ4v) is 4.74. The number of esters is 1. The topological polar surface area (TPSA) is 60.9 Å². The second-order valence-corrected chi connectivity index (χ2v) is 8.62. The molecule has 0 bridgehead atoms. The molecule has 3 heterocycles. The Kier molecular flexibility index (Phi) is 6.01. The van der Waals surface area contributed by atoms with Crippen molar-refractivity contribution in [2.75, 3.05) is 25.7 Å². The second-order valence-electron chi connectivity index (χ2n) is 8.62. The van der Waals surface area contributed by atoms with Crippen LogP contribution in [0.2, 0.25) is 0 Å². The van der Waals surface area contributed by atoms with Crippen molar-refractivity contribution in [2.45, 2.75) is 38.4 Å². The first-order valence-electron chi connectivity index (χ1n) is 11.4. The number of pyridine rings is 1. The Hall–Kier alpha value is -3.38. The fourth-order valence-electron chi connectivity index (χ4n) is 4.74. The number of ether oxygens (including phenoxy) is 3. The molecular formula is C27H28N2O4. The smallest absolute Gasteiger partial charge is 0.338 e. The monoisotopic (exact) mass is 444 g/mol. The Balaban J connectivity index is 1.33. The van der Waals surface area contributed by atoms with Gasteiger partial charge in [-0.25, -0.2) is 4.79 Å². The Bertz CT molecular complexity index is 1180. The van der Waals surface area contributed by atoms with Crippen LogP contribution in [0.3, 0.4) is 0 Å². The summed E-state index contributed by atoms with van der Waals surface area (Å²) in [7, 11) is 3.49. The number of methoxy groups -OCH3 is 1. The van der Waals surface area contributed by atoms with Crippen LogP contribution in [-0.2, 0) is 29.1 Å². The van der Waals surface area contributed by atoms with E-state index < -0.39 is 0 Å². The standard InChI is InChI=1S/C27H28N2O4/c1-29(22-6-5-20-16-32-17-21(20)13-22)23-7-8-24-18(10-12-33-26(24)14-23)3-4-19-15-28-11-9-25(19)27(30)31-2/h5-9,11,13-15,18H,3-4,10,12,16-17H2,1-2H3/t18-/m1/s1. The number of aryl methyl sites for hydroxylation is 1. The number of fused-ring (bicyclic) bond motifs is 2. The van der Waals surface area contributed by atoms with Crippen molar-refractivity contribution in [3.8, 4) is 5.75 Å². The highest BCUT2D eigenvalue weighted by Gasteiger charge is 2.24. The fraction of sp³-hybridized carbons (Fsp3) is 0.333. The van der Waals surface area contributed by atoms with Crippen LogP contribution in [0.15, 0.2) is 54.9 Å². The van der Waals surface area contributed by atoms with Crippen molar-refractivity contribution in [3.63, 3.8) is 0 Å². The zero-order valence-corrected chi connectivity index (χ0v) is 19.0. The first-order chi connectivity index (χ1) is 16.1. The molecule has 0 spiro atoms. The van der Waals surface area contributed by atoms with Crippen molar-refractivity contribution in [3.05, 3.63) is 82.7 Å². The molecule has 0 N–H and O–H groups in total. The summed E-state index contributed by atoms with van der Waals surface area (Å²) in [5.41, 5.74) is 7.50. The molecule has 1 atom stereocenters. The molecule has 2 aliphatic rings.